The normalized spacial score (nSPS) is 16.2. The number of carboxylic acids is 1. The molecule has 0 amide bonds. The van der Waals surface area contributed by atoms with Gasteiger partial charge in [-0.1, -0.05) is 6.07 Å². The van der Waals surface area contributed by atoms with E-state index in [0.717, 1.165) is 13.1 Å². The van der Waals surface area contributed by atoms with Gasteiger partial charge < -0.3 is 15.3 Å². The maximum absolute atomic E-state index is 11.2. The van der Waals surface area contributed by atoms with Gasteiger partial charge >= 0.3 is 5.97 Å². The van der Waals surface area contributed by atoms with Gasteiger partial charge in [0.25, 0.3) is 0 Å². The number of benzene rings is 1. The molecule has 1 aromatic carbocycles. The first-order valence-corrected chi connectivity index (χ1v) is 6.32. The van der Waals surface area contributed by atoms with Gasteiger partial charge in [-0.25, -0.2) is 19.8 Å². The SMILES string of the molecule is O=C(O)c1cccc2c(NN3CCOCC3)ncnc12. The molecule has 104 valence electrons. The number of ether oxygens (including phenoxy) is 1. The van der Waals surface area contributed by atoms with Crippen LogP contribution in [-0.4, -0.2) is 52.4 Å². The molecule has 0 bridgehead atoms. The van der Waals surface area contributed by atoms with Crippen LogP contribution in [0.1, 0.15) is 10.4 Å². The Morgan fingerprint density at radius 2 is 2.10 bits per heavy atom. The van der Waals surface area contributed by atoms with E-state index in [-0.39, 0.29) is 5.56 Å². The summed E-state index contributed by atoms with van der Waals surface area (Å²) in [6, 6.07) is 5.04. The van der Waals surface area contributed by atoms with Crippen LogP contribution in [0.15, 0.2) is 24.5 Å². The number of carboxylic acid groups (broad SMARTS) is 1. The molecular formula is C13H14N4O3. The van der Waals surface area contributed by atoms with E-state index in [2.05, 4.69) is 15.4 Å². The zero-order valence-electron chi connectivity index (χ0n) is 10.7. The minimum absolute atomic E-state index is 0.176. The van der Waals surface area contributed by atoms with Gasteiger partial charge in [-0.3, -0.25) is 0 Å². The highest BCUT2D eigenvalue weighted by atomic mass is 16.5. The molecular weight excluding hydrogens is 260 g/mol. The average Bonchev–Trinajstić information content (AvgIpc) is 2.48. The molecule has 1 aliphatic heterocycles. The average molecular weight is 274 g/mol. The van der Waals surface area contributed by atoms with E-state index in [9.17, 15) is 9.90 Å². The second-order valence-electron chi connectivity index (χ2n) is 4.44. The molecule has 0 saturated carbocycles. The lowest BCUT2D eigenvalue weighted by Gasteiger charge is -2.27. The van der Waals surface area contributed by atoms with E-state index in [1.807, 2.05) is 11.1 Å². The molecule has 1 aromatic heterocycles. The summed E-state index contributed by atoms with van der Waals surface area (Å²) in [6.45, 7) is 2.83. The van der Waals surface area contributed by atoms with Crippen molar-refractivity contribution in [2.75, 3.05) is 31.7 Å². The van der Waals surface area contributed by atoms with Gasteiger partial charge in [0, 0.05) is 18.5 Å². The van der Waals surface area contributed by atoms with Crippen molar-refractivity contribution in [1.29, 1.82) is 0 Å². The van der Waals surface area contributed by atoms with Crippen molar-refractivity contribution in [2.24, 2.45) is 0 Å². The van der Waals surface area contributed by atoms with Crippen LogP contribution >= 0.6 is 0 Å². The minimum atomic E-state index is -0.994. The fourth-order valence-electron chi connectivity index (χ4n) is 2.17. The standard InChI is InChI=1S/C13H14N4O3/c18-13(19)10-3-1-2-9-11(10)14-8-15-12(9)16-17-4-6-20-7-5-17/h1-3,8H,4-7H2,(H,18,19)(H,14,15,16). The Hall–Kier alpha value is -2.25. The third kappa shape index (κ3) is 2.40. The number of aromatic nitrogens is 2. The number of para-hydroxylation sites is 1. The van der Waals surface area contributed by atoms with Crippen molar-refractivity contribution < 1.29 is 14.6 Å². The first-order chi connectivity index (χ1) is 9.75. The van der Waals surface area contributed by atoms with Crippen LogP contribution in [0.25, 0.3) is 10.9 Å². The number of nitrogens with one attached hydrogen (secondary N) is 1. The smallest absolute Gasteiger partial charge is 0.337 e. The van der Waals surface area contributed by atoms with Crippen LogP contribution in [0.2, 0.25) is 0 Å². The maximum Gasteiger partial charge on any atom is 0.337 e. The number of hydrazine groups is 1. The maximum atomic E-state index is 11.2. The van der Waals surface area contributed by atoms with Crippen molar-refractivity contribution in [3.8, 4) is 0 Å². The molecule has 0 radical (unpaired) electrons. The summed E-state index contributed by atoms with van der Waals surface area (Å²) in [7, 11) is 0. The Morgan fingerprint density at radius 3 is 2.85 bits per heavy atom. The van der Waals surface area contributed by atoms with Gasteiger partial charge in [0.05, 0.1) is 24.3 Å². The predicted octanol–water partition coefficient (Wildman–Crippen LogP) is 0.987. The monoisotopic (exact) mass is 274 g/mol. The summed E-state index contributed by atoms with van der Waals surface area (Å²) in [4.78, 5) is 19.5. The molecule has 0 aliphatic carbocycles. The highest BCUT2D eigenvalue weighted by Gasteiger charge is 2.15. The van der Waals surface area contributed by atoms with E-state index < -0.39 is 5.97 Å². The highest BCUT2D eigenvalue weighted by Crippen LogP contribution is 2.22. The van der Waals surface area contributed by atoms with Crippen LogP contribution < -0.4 is 5.43 Å². The van der Waals surface area contributed by atoms with Crippen LogP contribution in [-0.2, 0) is 4.74 Å². The van der Waals surface area contributed by atoms with Gasteiger partial charge in [-0.15, -0.1) is 0 Å². The number of anilines is 1. The molecule has 2 N–H and O–H groups in total. The largest absolute Gasteiger partial charge is 0.478 e. The topological polar surface area (TPSA) is 87.6 Å². The zero-order chi connectivity index (χ0) is 13.9. The Kier molecular flexibility index (Phi) is 3.44. The first-order valence-electron chi connectivity index (χ1n) is 6.32. The Morgan fingerprint density at radius 1 is 1.30 bits per heavy atom. The molecule has 1 saturated heterocycles. The highest BCUT2D eigenvalue weighted by molar-refractivity contribution is 6.04. The number of nitrogens with zero attached hydrogens (tertiary/aromatic N) is 3. The zero-order valence-corrected chi connectivity index (χ0v) is 10.7. The van der Waals surface area contributed by atoms with Crippen molar-refractivity contribution in [3.63, 3.8) is 0 Å². The molecule has 1 fully saturated rings. The van der Waals surface area contributed by atoms with Crippen molar-refractivity contribution in [3.05, 3.63) is 30.1 Å². The van der Waals surface area contributed by atoms with Gasteiger partial charge in [-0.2, -0.15) is 0 Å². The van der Waals surface area contributed by atoms with Crippen LogP contribution in [0.4, 0.5) is 5.82 Å². The lowest BCUT2D eigenvalue weighted by Crippen LogP contribution is -2.40. The predicted molar refractivity (Wildman–Crippen MR) is 72.5 cm³/mol. The first kappa shape index (κ1) is 12.8. The van der Waals surface area contributed by atoms with E-state index >= 15 is 0 Å². The Labute approximate surface area is 115 Å². The summed E-state index contributed by atoms with van der Waals surface area (Å²) < 4.78 is 5.28. The number of rotatable bonds is 3. The molecule has 0 atom stereocenters. The van der Waals surface area contributed by atoms with E-state index in [1.165, 1.54) is 12.4 Å². The number of fused-ring (bicyclic) bond motifs is 1. The van der Waals surface area contributed by atoms with Crippen LogP contribution in [0.3, 0.4) is 0 Å². The molecule has 7 nitrogen and oxygen atoms in total. The summed E-state index contributed by atoms with van der Waals surface area (Å²) >= 11 is 0. The van der Waals surface area contributed by atoms with Crippen molar-refractivity contribution in [1.82, 2.24) is 15.0 Å². The number of hydrogen-bond acceptors (Lipinski definition) is 6. The Balaban J connectivity index is 1.98. The molecule has 20 heavy (non-hydrogen) atoms. The van der Waals surface area contributed by atoms with Crippen molar-refractivity contribution in [2.45, 2.75) is 0 Å². The molecule has 2 heterocycles. The van der Waals surface area contributed by atoms with E-state index in [1.54, 1.807) is 6.07 Å². The number of aromatic carboxylic acids is 1. The third-order valence-electron chi connectivity index (χ3n) is 3.17. The quantitative estimate of drug-likeness (QED) is 0.862. The minimum Gasteiger partial charge on any atom is -0.478 e. The molecule has 1 aliphatic rings. The fraction of sp³-hybridized carbons (Fsp3) is 0.308. The summed E-state index contributed by atoms with van der Waals surface area (Å²) in [6.07, 6.45) is 1.37. The van der Waals surface area contributed by atoms with Crippen LogP contribution in [0.5, 0.6) is 0 Å². The van der Waals surface area contributed by atoms with E-state index in [0.29, 0.717) is 29.9 Å². The third-order valence-corrected chi connectivity index (χ3v) is 3.17. The van der Waals surface area contributed by atoms with Gasteiger partial charge in [0.1, 0.15) is 6.33 Å². The van der Waals surface area contributed by atoms with Gasteiger partial charge in [0.2, 0.25) is 0 Å². The number of carbonyl (C=O) groups is 1. The Bertz CT molecular complexity index is 641. The summed E-state index contributed by atoms with van der Waals surface area (Å²) in [5.74, 6) is -0.383. The molecule has 0 spiro atoms. The number of morpholine rings is 1. The van der Waals surface area contributed by atoms with Crippen molar-refractivity contribution >= 4 is 22.7 Å². The molecule has 0 unspecified atom stereocenters. The molecule has 2 aromatic rings. The van der Waals surface area contributed by atoms with Gasteiger partial charge in [-0.05, 0) is 12.1 Å². The number of hydrogen-bond donors (Lipinski definition) is 2. The summed E-state index contributed by atoms with van der Waals surface area (Å²) in [5, 5.41) is 11.9. The lowest BCUT2D eigenvalue weighted by molar-refractivity contribution is 0.0495. The van der Waals surface area contributed by atoms with Crippen LogP contribution in [0, 0.1) is 0 Å². The molecule has 7 heteroatoms. The summed E-state index contributed by atoms with van der Waals surface area (Å²) in [5.41, 5.74) is 3.81. The van der Waals surface area contributed by atoms with Gasteiger partial charge in [0.15, 0.2) is 5.82 Å². The van der Waals surface area contributed by atoms with E-state index in [4.69, 9.17) is 4.74 Å². The molecule has 3 rings (SSSR count). The second-order valence-corrected chi connectivity index (χ2v) is 4.44. The second kappa shape index (κ2) is 5.40. The fourth-order valence-corrected chi connectivity index (χ4v) is 2.17. The lowest BCUT2D eigenvalue weighted by atomic mass is 10.1.